The topological polar surface area (TPSA) is 24.9 Å². The molecule has 0 aromatic carbocycles. The summed E-state index contributed by atoms with van der Waals surface area (Å²) >= 11 is 1.90. The normalized spacial score (nSPS) is 12.6. The second-order valence-corrected chi connectivity index (χ2v) is 5.73. The number of aromatic nitrogens is 1. The number of hydrogen-bond donors (Lipinski definition) is 1. The summed E-state index contributed by atoms with van der Waals surface area (Å²) in [5.74, 6) is 0. The van der Waals surface area contributed by atoms with E-state index in [2.05, 4.69) is 48.4 Å². The van der Waals surface area contributed by atoms with Crippen molar-refractivity contribution in [3.05, 3.63) is 51.5 Å². The Bertz CT molecular complexity index is 505. The van der Waals surface area contributed by atoms with Gasteiger partial charge in [0.05, 0.1) is 5.69 Å². The summed E-state index contributed by atoms with van der Waals surface area (Å²) in [7, 11) is 0. The van der Waals surface area contributed by atoms with E-state index in [0.29, 0.717) is 6.04 Å². The molecule has 0 aliphatic rings. The molecule has 0 aliphatic heterocycles. The molecule has 2 nitrogen and oxygen atoms in total. The van der Waals surface area contributed by atoms with E-state index >= 15 is 0 Å². The van der Waals surface area contributed by atoms with Crippen LogP contribution in [-0.4, -0.2) is 4.98 Å². The van der Waals surface area contributed by atoms with Crippen molar-refractivity contribution in [1.29, 1.82) is 0 Å². The summed E-state index contributed by atoms with van der Waals surface area (Å²) in [6, 6.07) is 11.0. The van der Waals surface area contributed by atoms with Gasteiger partial charge in [-0.25, -0.2) is 0 Å². The maximum absolute atomic E-state index is 4.50. The molecule has 0 saturated heterocycles. The molecule has 0 saturated carbocycles. The Morgan fingerprint density at radius 1 is 1.28 bits per heavy atom. The first-order valence-electron chi connectivity index (χ1n) is 6.43. The number of aryl methyl sites for hydroxylation is 2. The summed E-state index contributed by atoms with van der Waals surface area (Å²) in [6.45, 7) is 7.26. The first-order chi connectivity index (χ1) is 8.69. The van der Waals surface area contributed by atoms with Crippen LogP contribution in [-0.2, 0) is 13.0 Å². The Morgan fingerprint density at radius 2 is 2.11 bits per heavy atom. The molecule has 1 N–H and O–H groups in total. The third-order valence-corrected chi connectivity index (χ3v) is 4.41. The lowest BCUT2D eigenvalue weighted by Gasteiger charge is -2.11. The van der Waals surface area contributed by atoms with Crippen LogP contribution in [0.25, 0.3) is 0 Å². The van der Waals surface area contributed by atoms with Gasteiger partial charge < -0.3 is 5.32 Å². The summed E-state index contributed by atoms with van der Waals surface area (Å²) in [6.07, 6.45) is 1.12. The van der Waals surface area contributed by atoms with Gasteiger partial charge in [0, 0.05) is 28.0 Å². The van der Waals surface area contributed by atoms with Crippen molar-refractivity contribution in [2.45, 2.75) is 39.8 Å². The van der Waals surface area contributed by atoms with Gasteiger partial charge in [0.25, 0.3) is 0 Å². The van der Waals surface area contributed by atoms with Gasteiger partial charge in [-0.1, -0.05) is 13.0 Å². The van der Waals surface area contributed by atoms with Crippen LogP contribution in [0, 0.1) is 6.92 Å². The molecule has 1 unspecified atom stereocenters. The molecule has 2 rings (SSSR count). The summed E-state index contributed by atoms with van der Waals surface area (Å²) in [4.78, 5) is 7.35. The fourth-order valence-electron chi connectivity index (χ4n) is 1.87. The van der Waals surface area contributed by atoms with Crippen LogP contribution in [0.4, 0.5) is 0 Å². The van der Waals surface area contributed by atoms with Crippen molar-refractivity contribution >= 4 is 11.3 Å². The zero-order valence-corrected chi connectivity index (χ0v) is 12.1. The predicted molar refractivity (Wildman–Crippen MR) is 77.9 cm³/mol. The molecule has 3 heteroatoms. The van der Waals surface area contributed by atoms with Gasteiger partial charge in [-0.15, -0.1) is 11.3 Å². The summed E-state index contributed by atoms with van der Waals surface area (Å²) in [5, 5.41) is 3.53. The molecule has 2 aromatic heterocycles. The van der Waals surface area contributed by atoms with Gasteiger partial charge in [0.15, 0.2) is 0 Å². The van der Waals surface area contributed by atoms with Crippen molar-refractivity contribution in [2.24, 2.45) is 0 Å². The highest BCUT2D eigenvalue weighted by Crippen LogP contribution is 2.23. The molecule has 0 amide bonds. The van der Waals surface area contributed by atoms with Crippen LogP contribution in [0.15, 0.2) is 30.3 Å². The molecule has 18 heavy (non-hydrogen) atoms. The van der Waals surface area contributed by atoms with Gasteiger partial charge in [0.1, 0.15) is 0 Å². The minimum atomic E-state index is 0.387. The standard InChI is InChI=1S/C15H20N2S/c1-4-14-8-9-15(18-14)12(3)16-10-13-7-5-6-11(2)17-13/h5-9,12,16H,4,10H2,1-3H3. The molecule has 0 fully saturated rings. The van der Waals surface area contributed by atoms with E-state index in [0.717, 1.165) is 24.4 Å². The fourth-order valence-corrected chi connectivity index (χ4v) is 2.85. The number of nitrogens with zero attached hydrogens (tertiary/aromatic N) is 1. The zero-order valence-electron chi connectivity index (χ0n) is 11.2. The van der Waals surface area contributed by atoms with E-state index < -0.39 is 0 Å². The maximum Gasteiger partial charge on any atom is 0.0545 e. The number of pyridine rings is 1. The Kier molecular flexibility index (Phi) is 4.50. The maximum atomic E-state index is 4.50. The van der Waals surface area contributed by atoms with Crippen LogP contribution in [0.3, 0.4) is 0 Å². The fraction of sp³-hybridized carbons (Fsp3) is 0.400. The van der Waals surface area contributed by atoms with Crippen LogP contribution in [0.2, 0.25) is 0 Å². The second kappa shape index (κ2) is 6.12. The third kappa shape index (κ3) is 3.40. The molecule has 0 bridgehead atoms. The average molecular weight is 260 g/mol. The largest absolute Gasteiger partial charge is 0.304 e. The molecule has 1 atom stereocenters. The van der Waals surface area contributed by atoms with E-state index in [1.807, 2.05) is 24.3 Å². The molecular formula is C15H20N2S. The Hall–Kier alpha value is -1.19. The van der Waals surface area contributed by atoms with Crippen LogP contribution in [0.1, 0.15) is 41.0 Å². The first-order valence-corrected chi connectivity index (χ1v) is 7.25. The van der Waals surface area contributed by atoms with Crippen LogP contribution >= 0.6 is 11.3 Å². The highest BCUT2D eigenvalue weighted by Gasteiger charge is 2.08. The zero-order chi connectivity index (χ0) is 13.0. The Labute approximate surface area is 113 Å². The number of rotatable bonds is 5. The summed E-state index contributed by atoms with van der Waals surface area (Å²) in [5.41, 5.74) is 2.18. The van der Waals surface area contributed by atoms with E-state index in [4.69, 9.17) is 0 Å². The van der Waals surface area contributed by atoms with Crippen molar-refractivity contribution in [3.8, 4) is 0 Å². The van der Waals surface area contributed by atoms with E-state index in [9.17, 15) is 0 Å². The minimum Gasteiger partial charge on any atom is -0.304 e. The Balaban J connectivity index is 1.93. The highest BCUT2D eigenvalue weighted by atomic mass is 32.1. The van der Waals surface area contributed by atoms with Gasteiger partial charge in [-0.05, 0) is 44.5 Å². The molecule has 0 spiro atoms. The lowest BCUT2D eigenvalue weighted by molar-refractivity contribution is 0.575. The molecule has 2 aromatic rings. The van der Waals surface area contributed by atoms with Crippen molar-refractivity contribution in [2.75, 3.05) is 0 Å². The van der Waals surface area contributed by atoms with Crippen molar-refractivity contribution < 1.29 is 0 Å². The van der Waals surface area contributed by atoms with Crippen LogP contribution < -0.4 is 5.32 Å². The SMILES string of the molecule is CCc1ccc(C(C)NCc2cccc(C)n2)s1. The van der Waals surface area contributed by atoms with Gasteiger partial charge >= 0.3 is 0 Å². The monoisotopic (exact) mass is 260 g/mol. The molecule has 0 aliphatic carbocycles. The average Bonchev–Trinajstić information content (AvgIpc) is 2.85. The van der Waals surface area contributed by atoms with Gasteiger partial charge in [0.2, 0.25) is 0 Å². The summed E-state index contributed by atoms with van der Waals surface area (Å²) < 4.78 is 0. The van der Waals surface area contributed by atoms with Gasteiger partial charge in [-0.3, -0.25) is 4.98 Å². The molecular weight excluding hydrogens is 240 g/mol. The quantitative estimate of drug-likeness (QED) is 0.883. The van der Waals surface area contributed by atoms with Gasteiger partial charge in [-0.2, -0.15) is 0 Å². The minimum absolute atomic E-state index is 0.387. The molecule has 96 valence electrons. The Morgan fingerprint density at radius 3 is 2.78 bits per heavy atom. The van der Waals surface area contributed by atoms with E-state index in [1.165, 1.54) is 9.75 Å². The number of thiophene rings is 1. The first kappa shape index (κ1) is 13.2. The van der Waals surface area contributed by atoms with E-state index in [1.54, 1.807) is 0 Å². The van der Waals surface area contributed by atoms with Crippen molar-refractivity contribution in [3.63, 3.8) is 0 Å². The predicted octanol–water partition coefficient (Wildman–Crippen LogP) is 3.86. The lowest BCUT2D eigenvalue weighted by Crippen LogP contribution is -2.18. The number of hydrogen-bond acceptors (Lipinski definition) is 3. The second-order valence-electron chi connectivity index (χ2n) is 4.53. The van der Waals surface area contributed by atoms with Crippen molar-refractivity contribution in [1.82, 2.24) is 10.3 Å². The third-order valence-electron chi connectivity index (χ3n) is 2.99. The number of nitrogens with one attached hydrogen (secondary N) is 1. The van der Waals surface area contributed by atoms with E-state index in [-0.39, 0.29) is 0 Å². The van der Waals surface area contributed by atoms with Crippen LogP contribution in [0.5, 0.6) is 0 Å². The molecule has 2 heterocycles. The smallest absolute Gasteiger partial charge is 0.0545 e. The lowest BCUT2D eigenvalue weighted by atomic mass is 10.2. The highest BCUT2D eigenvalue weighted by molar-refractivity contribution is 7.12. The molecule has 0 radical (unpaired) electrons.